The summed E-state index contributed by atoms with van der Waals surface area (Å²) in [5.41, 5.74) is 2.08. The van der Waals surface area contributed by atoms with Gasteiger partial charge in [-0.2, -0.15) is 10.2 Å². The molecule has 0 bridgehead atoms. The van der Waals surface area contributed by atoms with Gasteiger partial charge in [0.15, 0.2) is 0 Å². The van der Waals surface area contributed by atoms with Gasteiger partial charge in [-0.1, -0.05) is 48.0 Å². The first-order valence-corrected chi connectivity index (χ1v) is 8.04. The quantitative estimate of drug-likeness (QED) is 0.775. The van der Waals surface area contributed by atoms with E-state index in [1.54, 1.807) is 10.6 Å². The Kier molecular flexibility index (Phi) is 4.82. The lowest BCUT2D eigenvalue weighted by Gasteiger charge is -2.16. The van der Waals surface area contributed by atoms with Gasteiger partial charge in [-0.25, -0.2) is 0 Å². The first kappa shape index (κ1) is 16.7. The normalized spacial score (nSPS) is 10.3. The van der Waals surface area contributed by atoms with E-state index in [2.05, 4.69) is 10.3 Å². The first-order chi connectivity index (χ1) is 12.1. The standard InChI is InChI=1S/C19H15ClN4O/c1-13-16(20)8-5-9-17(13)22-19-23-18(25)15(10-21)12-24(19)11-14-6-3-2-4-7-14/h2-9,12H,11H2,1H3,(H,22,23,25). The van der Waals surface area contributed by atoms with Gasteiger partial charge in [0.1, 0.15) is 11.6 Å². The molecule has 0 fully saturated rings. The third-order valence-corrected chi connectivity index (χ3v) is 4.23. The third kappa shape index (κ3) is 3.70. The summed E-state index contributed by atoms with van der Waals surface area (Å²) < 4.78 is 1.75. The van der Waals surface area contributed by atoms with E-state index < -0.39 is 5.56 Å². The third-order valence-electron chi connectivity index (χ3n) is 3.83. The average Bonchev–Trinajstić information content (AvgIpc) is 2.62. The first-order valence-electron chi connectivity index (χ1n) is 7.66. The van der Waals surface area contributed by atoms with Crippen molar-refractivity contribution >= 4 is 23.2 Å². The maximum absolute atomic E-state index is 12.0. The van der Waals surface area contributed by atoms with Crippen molar-refractivity contribution in [1.82, 2.24) is 9.55 Å². The fraction of sp³-hybridized carbons (Fsp3) is 0.105. The number of nitrogens with one attached hydrogen (secondary N) is 1. The van der Waals surface area contributed by atoms with Gasteiger partial charge in [-0.3, -0.25) is 4.79 Å². The van der Waals surface area contributed by atoms with Crippen LogP contribution in [0.4, 0.5) is 11.6 Å². The Morgan fingerprint density at radius 3 is 2.68 bits per heavy atom. The van der Waals surface area contributed by atoms with Gasteiger partial charge in [0.05, 0.1) is 6.54 Å². The van der Waals surface area contributed by atoms with E-state index >= 15 is 0 Å². The van der Waals surface area contributed by atoms with Crippen molar-refractivity contribution in [3.8, 4) is 6.07 Å². The van der Waals surface area contributed by atoms with Gasteiger partial charge in [0.25, 0.3) is 5.56 Å². The van der Waals surface area contributed by atoms with Gasteiger partial charge in [-0.05, 0) is 30.2 Å². The van der Waals surface area contributed by atoms with Crippen LogP contribution in [0.15, 0.2) is 59.5 Å². The fourth-order valence-corrected chi connectivity index (χ4v) is 2.61. The average molecular weight is 351 g/mol. The van der Waals surface area contributed by atoms with Gasteiger partial charge in [-0.15, -0.1) is 0 Å². The van der Waals surface area contributed by atoms with E-state index in [-0.39, 0.29) is 5.56 Å². The molecule has 5 nitrogen and oxygen atoms in total. The molecule has 0 saturated heterocycles. The molecule has 0 aliphatic carbocycles. The monoisotopic (exact) mass is 350 g/mol. The SMILES string of the molecule is Cc1c(Cl)cccc1Nc1nc(=O)c(C#N)cn1Cc1ccccc1. The molecule has 1 N–H and O–H groups in total. The van der Waals surface area contributed by atoms with Crippen LogP contribution in [0.5, 0.6) is 0 Å². The van der Waals surface area contributed by atoms with Crippen molar-refractivity contribution in [2.45, 2.75) is 13.5 Å². The molecule has 0 radical (unpaired) electrons. The summed E-state index contributed by atoms with van der Waals surface area (Å²) in [6.07, 6.45) is 1.52. The molecule has 6 heteroatoms. The maximum Gasteiger partial charge on any atom is 0.292 e. The Morgan fingerprint density at radius 2 is 1.96 bits per heavy atom. The van der Waals surface area contributed by atoms with E-state index in [0.717, 1.165) is 16.8 Å². The lowest BCUT2D eigenvalue weighted by atomic mass is 10.2. The van der Waals surface area contributed by atoms with E-state index in [1.165, 1.54) is 6.20 Å². The van der Waals surface area contributed by atoms with Crippen molar-refractivity contribution in [2.24, 2.45) is 0 Å². The second-order valence-corrected chi connectivity index (χ2v) is 5.95. The van der Waals surface area contributed by atoms with E-state index in [9.17, 15) is 4.79 Å². The summed E-state index contributed by atoms with van der Waals surface area (Å²) in [6.45, 7) is 2.36. The van der Waals surface area contributed by atoms with Crippen LogP contribution in [-0.4, -0.2) is 9.55 Å². The number of rotatable bonds is 4. The lowest BCUT2D eigenvalue weighted by Crippen LogP contribution is -2.19. The summed E-state index contributed by atoms with van der Waals surface area (Å²) in [4.78, 5) is 16.0. The molecule has 1 aromatic heterocycles. The van der Waals surface area contributed by atoms with Gasteiger partial charge < -0.3 is 9.88 Å². The molecular weight excluding hydrogens is 336 g/mol. The van der Waals surface area contributed by atoms with Crippen molar-refractivity contribution < 1.29 is 0 Å². The Hall–Kier alpha value is -3.10. The number of hydrogen-bond donors (Lipinski definition) is 1. The molecule has 1 heterocycles. The Labute approximate surface area is 150 Å². The zero-order valence-corrected chi connectivity index (χ0v) is 14.3. The van der Waals surface area contributed by atoms with Crippen LogP contribution in [0.1, 0.15) is 16.7 Å². The van der Waals surface area contributed by atoms with Crippen molar-refractivity contribution in [2.75, 3.05) is 5.32 Å². The zero-order chi connectivity index (χ0) is 17.8. The van der Waals surface area contributed by atoms with E-state index in [0.29, 0.717) is 17.5 Å². The molecule has 0 aliphatic heterocycles. The molecule has 0 amide bonds. The number of anilines is 2. The minimum Gasteiger partial charge on any atom is -0.325 e. The summed E-state index contributed by atoms with van der Waals surface area (Å²) in [5.74, 6) is 0.359. The highest BCUT2D eigenvalue weighted by Crippen LogP contribution is 2.25. The van der Waals surface area contributed by atoms with Gasteiger partial charge in [0, 0.05) is 16.9 Å². The zero-order valence-electron chi connectivity index (χ0n) is 13.5. The highest BCUT2D eigenvalue weighted by atomic mass is 35.5. The molecule has 124 valence electrons. The van der Waals surface area contributed by atoms with Crippen molar-refractivity contribution in [1.29, 1.82) is 5.26 Å². The number of halogens is 1. The minimum absolute atomic E-state index is 0.00398. The molecule has 3 rings (SSSR count). The van der Waals surface area contributed by atoms with Gasteiger partial charge >= 0.3 is 0 Å². The molecule has 25 heavy (non-hydrogen) atoms. The topological polar surface area (TPSA) is 70.7 Å². The summed E-state index contributed by atoms with van der Waals surface area (Å²) in [7, 11) is 0. The molecule has 3 aromatic rings. The molecule has 0 atom stereocenters. The molecule has 0 saturated carbocycles. The van der Waals surface area contributed by atoms with Crippen LogP contribution >= 0.6 is 11.6 Å². The molecule has 0 aliphatic rings. The summed E-state index contributed by atoms with van der Waals surface area (Å²) in [6, 6.07) is 17.1. The minimum atomic E-state index is -0.561. The van der Waals surface area contributed by atoms with Gasteiger partial charge in [0.2, 0.25) is 5.95 Å². The van der Waals surface area contributed by atoms with E-state index in [1.807, 2.05) is 55.5 Å². The highest BCUT2D eigenvalue weighted by Gasteiger charge is 2.11. The number of aromatic nitrogens is 2. The maximum atomic E-state index is 12.0. The molecule has 2 aromatic carbocycles. The molecular formula is C19H15ClN4O. The van der Waals surface area contributed by atoms with Crippen LogP contribution in [0.3, 0.4) is 0 Å². The molecule has 0 spiro atoms. The second-order valence-electron chi connectivity index (χ2n) is 5.55. The van der Waals surface area contributed by atoms with Crippen molar-refractivity contribution in [3.63, 3.8) is 0 Å². The summed E-state index contributed by atoms with van der Waals surface area (Å²) in [5, 5.41) is 12.9. The fourth-order valence-electron chi connectivity index (χ4n) is 2.43. The Balaban J connectivity index is 2.05. The number of benzene rings is 2. The van der Waals surface area contributed by atoms with E-state index in [4.69, 9.17) is 16.9 Å². The van der Waals surface area contributed by atoms with Crippen LogP contribution in [-0.2, 0) is 6.54 Å². The summed E-state index contributed by atoms with van der Waals surface area (Å²) >= 11 is 6.16. The number of nitrogens with zero attached hydrogens (tertiary/aromatic N) is 3. The van der Waals surface area contributed by atoms with Crippen LogP contribution in [0.25, 0.3) is 0 Å². The van der Waals surface area contributed by atoms with Crippen LogP contribution in [0.2, 0.25) is 5.02 Å². The second kappa shape index (κ2) is 7.20. The Morgan fingerprint density at radius 1 is 1.20 bits per heavy atom. The largest absolute Gasteiger partial charge is 0.325 e. The predicted molar refractivity (Wildman–Crippen MR) is 98.2 cm³/mol. The van der Waals surface area contributed by atoms with Crippen LogP contribution in [0, 0.1) is 18.3 Å². The Bertz CT molecular complexity index is 1010. The highest BCUT2D eigenvalue weighted by molar-refractivity contribution is 6.31. The molecule has 0 unspecified atom stereocenters. The number of hydrogen-bond acceptors (Lipinski definition) is 4. The lowest BCUT2D eigenvalue weighted by molar-refractivity contribution is 0.770. The smallest absolute Gasteiger partial charge is 0.292 e. The van der Waals surface area contributed by atoms with Crippen molar-refractivity contribution in [3.05, 3.63) is 86.8 Å². The van der Waals surface area contributed by atoms with Crippen LogP contribution < -0.4 is 10.9 Å². The number of nitriles is 1. The predicted octanol–water partition coefficient (Wildman–Crippen LogP) is 3.87.